The Balaban J connectivity index is 2.54. The minimum absolute atomic E-state index is 0.0252. The molecule has 0 aliphatic carbocycles. The van der Waals surface area contributed by atoms with E-state index in [0.717, 1.165) is 18.6 Å². The zero-order chi connectivity index (χ0) is 12.8. The van der Waals surface area contributed by atoms with Gasteiger partial charge in [0, 0.05) is 6.54 Å². The van der Waals surface area contributed by atoms with Gasteiger partial charge in [-0.25, -0.2) is 4.79 Å². The molecule has 0 saturated carbocycles. The summed E-state index contributed by atoms with van der Waals surface area (Å²) in [5.74, 6) is 0.858. The molecule has 0 radical (unpaired) electrons. The topological polar surface area (TPSA) is 57.6 Å². The van der Waals surface area contributed by atoms with Crippen LogP contribution in [0.1, 0.15) is 33.1 Å². The van der Waals surface area contributed by atoms with Crippen molar-refractivity contribution >= 4 is 23.6 Å². The smallest absolute Gasteiger partial charge is 0.326 e. The summed E-state index contributed by atoms with van der Waals surface area (Å²) in [7, 11) is 0. The van der Waals surface area contributed by atoms with Gasteiger partial charge in [0.15, 0.2) is 0 Å². The second-order valence-corrected chi connectivity index (χ2v) is 5.73. The number of carboxylic acids is 1. The van der Waals surface area contributed by atoms with Gasteiger partial charge >= 0.3 is 5.97 Å². The van der Waals surface area contributed by atoms with Crippen molar-refractivity contribution in [2.75, 3.05) is 18.1 Å². The largest absolute Gasteiger partial charge is 0.480 e. The standard InChI is InChI=1S/C12H21NO3S/c1-3-6-17-8-11(14)13-5-4-9(2)7-10(13)12(15)16/h9-10H,3-8H2,1-2H3,(H,15,16). The van der Waals surface area contributed by atoms with Crippen LogP contribution in [0.2, 0.25) is 0 Å². The van der Waals surface area contributed by atoms with Gasteiger partial charge in [-0.15, -0.1) is 0 Å². The summed E-state index contributed by atoms with van der Waals surface area (Å²) in [5, 5.41) is 9.15. The second kappa shape index (κ2) is 6.89. The number of rotatable bonds is 5. The minimum Gasteiger partial charge on any atom is -0.480 e. The summed E-state index contributed by atoms with van der Waals surface area (Å²) in [6, 6.07) is -0.617. The van der Waals surface area contributed by atoms with Crippen molar-refractivity contribution in [2.24, 2.45) is 5.92 Å². The number of nitrogens with zero attached hydrogens (tertiary/aromatic N) is 1. The number of thioether (sulfide) groups is 1. The number of carbonyl (C=O) groups excluding carboxylic acids is 1. The molecule has 2 atom stereocenters. The van der Waals surface area contributed by atoms with E-state index in [0.29, 0.717) is 24.6 Å². The quantitative estimate of drug-likeness (QED) is 0.765. The highest BCUT2D eigenvalue weighted by Gasteiger charge is 2.34. The zero-order valence-electron chi connectivity index (χ0n) is 10.5. The van der Waals surface area contributed by atoms with Gasteiger partial charge in [0.1, 0.15) is 6.04 Å². The Hall–Kier alpha value is -0.710. The third-order valence-corrected chi connectivity index (χ3v) is 4.19. The molecule has 1 saturated heterocycles. The van der Waals surface area contributed by atoms with Crippen molar-refractivity contribution < 1.29 is 14.7 Å². The molecular formula is C12H21NO3S. The van der Waals surface area contributed by atoms with Crippen LogP contribution in [0.3, 0.4) is 0 Å². The number of piperidine rings is 1. The average Bonchev–Trinajstić information content (AvgIpc) is 2.29. The normalized spacial score (nSPS) is 24.7. The molecule has 1 amide bonds. The highest BCUT2D eigenvalue weighted by atomic mass is 32.2. The molecule has 0 bridgehead atoms. The van der Waals surface area contributed by atoms with E-state index in [9.17, 15) is 9.59 Å². The lowest BCUT2D eigenvalue weighted by molar-refractivity contribution is -0.151. The van der Waals surface area contributed by atoms with Gasteiger partial charge in [-0.05, 0) is 30.9 Å². The summed E-state index contributed by atoms with van der Waals surface area (Å²) < 4.78 is 0. The van der Waals surface area contributed by atoms with E-state index in [1.165, 1.54) is 0 Å². The monoisotopic (exact) mass is 259 g/mol. The number of amides is 1. The third-order valence-electron chi connectivity index (χ3n) is 3.04. The van der Waals surface area contributed by atoms with Crippen LogP contribution in [-0.2, 0) is 9.59 Å². The van der Waals surface area contributed by atoms with Crippen LogP contribution in [-0.4, -0.2) is 46.0 Å². The molecule has 2 unspecified atom stereocenters. The van der Waals surface area contributed by atoms with Crippen molar-refractivity contribution in [3.05, 3.63) is 0 Å². The maximum absolute atomic E-state index is 11.9. The first-order valence-corrected chi connectivity index (χ1v) is 7.31. The molecule has 1 heterocycles. The Morgan fingerprint density at radius 1 is 1.47 bits per heavy atom. The van der Waals surface area contributed by atoms with Gasteiger partial charge in [-0.3, -0.25) is 4.79 Å². The number of hydrogen-bond donors (Lipinski definition) is 1. The Labute approximate surface area is 107 Å². The van der Waals surface area contributed by atoms with Crippen LogP contribution in [0.5, 0.6) is 0 Å². The van der Waals surface area contributed by atoms with Crippen LogP contribution in [0.15, 0.2) is 0 Å². The Bertz CT molecular complexity index is 283. The predicted molar refractivity (Wildman–Crippen MR) is 69.2 cm³/mol. The number of hydrogen-bond acceptors (Lipinski definition) is 3. The fraction of sp³-hybridized carbons (Fsp3) is 0.833. The van der Waals surface area contributed by atoms with Crippen molar-refractivity contribution in [3.8, 4) is 0 Å². The van der Waals surface area contributed by atoms with Crippen molar-refractivity contribution in [2.45, 2.75) is 39.2 Å². The number of aliphatic carboxylic acids is 1. The van der Waals surface area contributed by atoms with E-state index in [4.69, 9.17) is 5.11 Å². The molecule has 1 fully saturated rings. The maximum atomic E-state index is 11.9. The summed E-state index contributed by atoms with van der Waals surface area (Å²) in [6.07, 6.45) is 2.53. The molecular weight excluding hydrogens is 238 g/mol. The van der Waals surface area contributed by atoms with Gasteiger partial charge in [0.2, 0.25) is 5.91 Å². The fourth-order valence-electron chi connectivity index (χ4n) is 2.06. The lowest BCUT2D eigenvalue weighted by Gasteiger charge is -2.36. The average molecular weight is 259 g/mol. The molecule has 0 spiro atoms. The Morgan fingerprint density at radius 2 is 2.18 bits per heavy atom. The molecule has 5 heteroatoms. The van der Waals surface area contributed by atoms with Crippen LogP contribution >= 0.6 is 11.8 Å². The minimum atomic E-state index is -0.870. The molecule has 1 rings (SSSR count). The lowest BCUT2D eigenvalue weighted by atomic mass is 9.92. The molecule has 1 N–H and O–H groups in total. The molecule has 17 heavy (non-hydrogen) atoms. The SMILES string of the molecule is CCCSCC(=O)N1CCC(C)CC1C(=O)O. The number of carboxylic acid groups (broad SMARTS) is 1. The van der Waals surface area contributed by atoms with E-state index >= 15 is 0 Å². The molecule has 0 aromatic rings. The summed E-state index contributed by atoms with van der Waals surface area (Å²) in [6.45, 7) is 4.70. The summed E-state index contributed by atoms with van der Waals surface area (Å²) >= 11 is 1.59. The van der Waals surface area contributed by atoms with Crippen molar-refractivity contribution in [1.82, 2.24) is 4.90 Å². The van der Waals surface area contributed by atoms with E-state index in [1.807, 2.05) is 6.92 Å². The number of likely N-dealkylation sites (tertiary alicyclic amines) is 1. The third kappa shape index (κ3) is 4.22. The first kappa shape index (κ1) is 14.4. The maximum Gasteiger partial charge on any atom is 0.326 e. The predicted octanol–water partition coefficient (Wildman–Crippen LogP) is 1.84. The lowest BCUT2D eigenvalue weighted by Crippen LogP contribution is -2.50. The van der Waals surface area contributed by atoms with E-state index < -0.39 is 12.0 Å². The molecule has 0 aromatic carbocycles. The number of carbonyl (C=O) groups is 2. The van der Waals surface area contributed by atoms with Crippen LogP contribution < -0.4 is 0 Å². The highest BCUT2D eigenvalue weighted by Crippen LogP contribution is 2.23. The first-order valence-electron chi connectivity index (χ1n) is 6.16. The summed E-state index contributed by atoms with van der Waals surface area (Å²) in [5.41, 5.74) is 0. The highest BCUT2D eigenvalue weighted by molar-refractivity contribution is 7.99. The molecule has 4 nitrogen and oxygen atoms in total. The van der Waals surface area contributed by atoms with E-state index in [-0.39, 0.29) is 5.91 Å². The van der Waals surface area contributed by atoms with E-state index in [1.54, 1.807) is 16.7 Å². The molecule has 1 aliphatic heterocycles. The Kier molecular flexibility index (Phi) is 5.82. The van der Waals surface area contributed by atoms with Crippen molar-refractivity contribution in [3.63, 3.8) is 0 Å². The summed E-state index contributed by atoms with van der Waals surface area (Å²) in [4.78, 5) is 24.6. The second-order valence-electron chi connectivity index (χ2n) is 4.62. The van der Waals surface area contributed by atoms with Gasteiger partial charge in [0.25, 0.3) is 0 Å². The molecule has 0 aromatic heterocycles. The van der Waals surface area contributed by atoms with Crippen LogP contribution in [0, 0.1) is 5.92 Å². The van der Waals surface area contributed by atoms with Gasteiger partial charge in [-0.1, -0.05) is 13.8 Å². The molecule has 98 valence electrons. The fourth-order valence-corrected chi connectivity index (χ4v) is 2.83. The molecule has 1 aliphatic rings. The van der Waals surface area contributed by atoms with Crippen LogP contribution in [0.4, 0.5) is 0 Å². The van der Waals surface area contributed by atoms with E-state index in [2.05, 4.69) is 6.92 Å². The van der Waals surface area contributed by atoms with Gasteiger partial charge in [-0.2, -0.15) is 11.8 Å². The van der Waals surface area contributed by atoms with Gasteiger partial charge < -0.3 is 10.0 Å². The van der Waals surface area contributed by atoms with Gasteiger partial charge in [0.05, 0.1) is 5.75 Å². The Morgan fingerprint density at radius 3 is 2.76 bits per heavy atom. The van der Waals surface area contributed by atoms with Crippen LogP contribution in [0.25, 0.3) is 0 Å². The first-order chi connectivity index (χ1) is 8.06. The zero-order valence-corrected chi connectivity index (χ0v) is 11.3. The van der Waals surface area contributed by atoms with Crippen molar-refractivity contribution in [1.29, 1.82) is 0 Å².